The standard InChI is InChI=1S/C9H10ClNO3S2/c10-16(13,14)9-4-3-7(15-9)5-8(12)11-6-1-2-6/h3-4,6H,1-2,5H2,(H,11,12). The van der Waals surface area contributed by atoms with E-state index in [0.29, 0.717) is 10.9 Å². The van der Waals surface area contributed by atoms with E-state index in [1.54, 1.807) is 6.07 Å². The van der Waals surface area contributed by atoms with Crippen molar-refractivity contribution in [2.45, 2.75) is 29.5 Å². The van der Waals surface area contributed by atoms with Crippen LogP contribution in [0.2, 0.25) is 0 Å². The number of hydrogen-bond donors (Lipinski definition) is 1. The van der Waals surface area contributed by atoms with Crippen molar-refractivity contribution >= 4 is 37.0 Å². The van der Waals surface area contributed by atoms with Crippen LogP contribution in [0, 0.1) is 0 Å². The predicted molar refractivity (Wildman–Crippen MR) is 62.2 cm³/mol. The van der Waals surface area contributed by atoms with E-state index in [9.17, 15) is 13.2 Å². The molecule has 1 saturated carbocycles. The molecule has 0 aromatic carbocycles. The molecule has 7 heteroatoms. The second-order valence-electron chi connectivity index (χ2n) is 3.68. The first-order valence-electron chi connectivity index (χ1n) is 4.78. The fraction of sp³-hybridized carbons (Fsp3) is 0.444. The summed E-state index contributed by atoms with van der Waals surface area (Å²) in [6.45, 7) is 0. The average molecular weight is 280 g/mol. The SMILES string of the molecule is O=C(Cc1ccc(S(=O)(=O)Cl)s1)NC1CC1. The lowest BCUT2D eigenvalue weighted by molar-refractivity contribution is -0.120. The molecule has 1 N–H and O–H groups in total. The molecule has 1 aliphatic carbocycles. The van der Waals surface area contributed by atoms with Crippen molar-refractivity contribution in [3.63, 3.8) is 0 Å². The molecule has 88 valence electrons. The Balaban J connectivity index is 1.99. The highest BCUT2D eigenvalue weighted by atomic mass is 35.7. The summed E-state index contributed by atoms with van der Waals surface area (Å²) in [5.41, 5.74) is 0. The fourth-order valence-electron chi connectivity index (χ4n) is 1.25. The molecule has 0 atom stereocenters. The smallest absolute Gasteiger partial charge is 0.270 e. The molecule has 0 radical (unpaired) electrons. The van der Waals surface area contributed by atoms with Crippen molar-refractivity contribution in [1.29, 1.82) is 0 Å². The maximum Gasteiger partial charge on any atom is 0.270 e. The first-order chi connectivity index (χ1) is 7.45. The predicted octanol–water partition coefficient (Wildman–Crippen LogP) is 1.50. The van der Waals surface area contributed by atoms with Gasteiger partial charge in [0, 0.05) is 21.6 Å². The molecule has 1 fully saturated rings. The molecule has 0 bridgehead atoms. The van der Waals surface area contributed by atoms with Crippen LogP contribution in [0.1, 0.15) is 17.7 Å². The van der Waals surface area contributed by atoms with Gasteiger partial charge in [-0.25, -0.2) is 8.42 Å². The quantitative estimate of drug-likeness (QED) is 0.850. The van der Waals surface area contributed by atoms with Crippen LogP contribution in [-0.4, -0.2) is 20.4 Å². The Labute approximate surface area is 102 Å². The highest BCUT2D eigenvalue weighted by Crippen LogP contribution is 2.25. The molecule has 0 unspecified atom stereocenters. The van der Waals surface area contributed by atoms with Gasteiger partial charge in [-0.15, -0.1) is 11.3 Å². The van der Waals surface area contributed by atoms with E-state index in [0.717, 1.165) is 24.2 Å². The first kappa shape index (κ1) is 11.9. The van der Waals surface area contributed by atoms with Gasteiger partial charge in [0.05, 0.1) is 6.42 Å². The topological polar surface area (TPSA) is 63.2 Å². The lowest BCUT2D eigenvalue weighted by atomic mass is 10.3. The third-order valence-electron chi connectivity index (χ3n) is 2.15. The normalized spacial score (nSPS) is 16.1. The maximum atomic E-state index is 11.4. The van der Waals surface area contributed by atoms with Gasteiger partial charge in [0.1, 0.15) is 4.21 Å². The minimum Gasteiger partial charge on any atom is -0.353 e. The Hall–Kier alpha value is -0.590. The monoisotopic (exact) mass is 279 g/mol. The Kier molecular flexibility index (Phi) is 3.23. The van der Waals surface area contributed by atoms with Crippen molar-refractivity contribution in [2.24, 2.45) is 0 Å². The summed E-state index contributed by atoms with van der Waals surface area (Å²) >= 11 is 1.03. The molecule has 1 heterocycles. The van der Waals surface area contributed by atoms with E-state index in [2.05, 4.69) is 5.32 Å². The molecular formula is C9H10ClNO3S2. The summed E-state index contributed by atoms with van der Waals surface area (Å²) < 4.78 is 22.1. The lowest BCUT2D eigenvalue weighted by Crippen LogP contribution is -2.26. The lowest BCUT2D eigenvalue weighted by Gasteiger charge is -2.00. The van der Waals surface area contributed by atoms with Crippen LogP contribution in [0.5, 0.6) is 0 Å². The second kappa shape index (κ2) is 4.35. The molecule has 1 aromatic rings. The Morgan fingerprint density at radius 1 is 1.50 bits per heavy atom. The highest BCUT2D eigenvalue weighted by molar-refractivity contribution is 8.15. The number of nitrogens with one attached hydrogen (secondary N) is 1. The van der Waals surface area contributed by atoms with Gasteiger partial charge in [-0.1, -0.05) is 0 Å². The van der Waals surface area contributed by atoms with E-state index >= 15 is 0 Å². The van der Waals surface area contributed by atoms with Gasteiger partial charge in [0.15, 0.2) is 0 Å². The zero-order valence-corrected chi connectivity index (χ0v) is 10.7. The van der Waals surface area contributed by atoms with Gasteiger partial charge < -0.3 is 5.32 Å². The number of carbonyl (C=O) groups is 1. The second-order valence-corrected chi connectivity index (χ2v) is 7.64. The van der Waals surface area contributed by atoms with Crippen LogP contribution >= 0.6 is 22.0 Å². The van der Waals surface area contributed by atoms with E-state index in [1.165, 1.54) is 6.07 Å². The molecule has 0 spiro atoms. The van der Waals surface area contributed by atoms with Gasteiger partial charge in [0.2, 0.25) is 5.91 Å². The number of amides is 1. The van der Waals surface area contributed by atoms with Gasteiger partial charge in [-0.2, -0.15) is 0 Å². The molecular weight excluding hydrogens is 270 g/mol. The van der Waals surface area contributed by atoms with Crippen LogP contribution in [0.3, 0.4) is 0 Å². The van der Waals surface area contributed by atoms with Gasteiger partial charge in [-0.3, -0.25) is 4.79 Å². The minimum absolute atomic E-state index is 0.0668. The number of rotatable bonds is 4. The molecule has 2 rings (SSSR count). The molecule has 4 nitrogen and oxygen atoms in total. The van der Waals surface area contributed by atoms with Crippen LogP contribution < -0.4 is 5.32 Å². The van der Waals surface area contributed by atoms with Gasteiger partial charge in [-0.05, 0) is 25.0 Å². The number of thiophene rings is 1. The van der Waals surface area contributed by atoms with Crippen molar-refractivity contribution in [2.75, 3.05) is 0 Å². The third-order valence-corrected chi connectivity index (χ3v) is 5.33. The van der Waals surface area contributed by atoms with Crippen molar-refractivity contribution in [1.82, 2.24) is 5.32 Å². The highest BCUT2D eigenvalue weighted by Gasteiger charge is 2.23. The summed E-state index contributed by atoms with van der Waals surface area (Å²) in [6.07, 6.45) is 2.29. The fourth-order valence-corrected chi connectivity index (χ4v) is 3.37. The van der Waals surface area contributed by atoms with E-state index in [-0.39, 0.29) is 16.5 Å². The van der Waals surface area contributed by atoms with Crippen molar-refractivity contribution in [3.8, 4) is 0 Å². The molecule has 0 aliphatic heterocycles. The largest absolute Gasteiger partial charge is 0.353 e. The summed E-state index contributed by atoms with van der Waals surface area (Å²) in [7, 11) is 1.52. The Morgan fingerprint density at radius 3 is 2.69 bits per heavy atom. The summed E-state index contributed by atoms with van der Waals surface area (Å²) in [5, 5.41) is 2.84. The zero-order valence-electron chi connectivity index (χ0n) is 8.27. The average Bonchev–Trinajstić information content (AvgIpc) is 2.80. The third kappa shape index (κ3) is 3.20. The summed E-state index contributed by atoms with van der Waals surface area (Å²) in [6, 6.07) is 3.36. The first-order valence-corrected chi connectivity index (χ1v) is 7.90. The summed E-state index contributed by atoms with van der Waals surface area (Å²) in [4.78, 5) is 12.1. The molecule has 0 saturated heterocycles. The zero-order chi connectivity index (χ0) is 11.8. The number of hydrogen-bond acceptors (Lipinski definition) is 4. The van der Waals surface area contributed by atoms with Gasteiger partial charge >= 0.3 is 0 Å². The summed E-state index contributed by atoms with van der Waals surface area (Å²) in [5.74, 6) is -0.0668. The maximum absolute atomic E-state index is 11.4. The van der Waals surface area contributed by atoms with Gasteiger partial charge in [0.25, 0.3) is 9.05 Å². The Morgan fingerprint density at radius 2 is 2.19 bits per heavy atom. The molecule has 1 amide bonds. The van der Waals surface area contributed by atoms with E-state index < -0.39 is 9.05 Å². The van der Waals surface area contributed by atoms with Crippen LogP contribution in [0.4, 0.5) is 0 Å². The molecule has 16 heavy (non-hydrogen) atoms. The van der Waals surface area contributed by atoms with Crippen LogP contribution in [0.25, 0.3) is 0 Å². The molecule has 1 aliphatic rings. The van der Waals surface area contributed by atoms with E-state index in [4.69, 9.17) is 10.7 Å². The van der Waals surface area contributed by atoms with Crippen molar-refractivity contribution < 1.29 is 13.2 Å². The van der Waals surface area contributed by atoms with Crippen molar-refractivity contribution in [3.05, 3.63) is 17.0 Å². The number of carbonyl (C=O) groups excluding carboxylic acids is 1. The van der Waals surface area contributed by atoms with Crippen LogP contribution in [-0.2, 0) is 20.3 Å². The van der Waals surface area contributed by atoms with E-state index in [1.807, 2.05) is 0 Å². The molecule has 1 aromatic heterocycles. The minimum atomic E-state index is -3.67. The number of halogens is 1. The Bertz CT molecular complexity index is 505. The van der Waals surface area contributed by atoms with Crippen LogP contribution in [0.15, 0.2) is 16.3 Å².